The molecule has 8 nitrogen and oxygen atoms in total. The third-order valence-electron chi connectivity index (χ3n) is 5.25. The SMILES string of the molecule is CCOC(=O)CC(NC(=O)c1cc(O)n(-c2ccccc2Cl)n1)c1ccc(Oc2ccccc2)cc1. The zero-order valence-electron chi connectivity index (χ0n) is 19.4. The zero-order valence-corrected chi connectivity index (χ0v) is 20.2. The van der Waals surface area contributed by atoms with Crippen LogP contribution in [0.15, 0.2) is 84.9 Å². The van der Waals surface area contributed by atoms with Crippen molar-refractivity contribution in [1.29, 1.82) is 0 Å². The van der Waals surface area contributed by atoms with Crippen molar-refractivity contribution >= 4 is 23.5 Å². The van der Waals surface area contributed by atoms with Gasteiger partial charge in [-0.2, -0.15) is 9.78 Å². The van der Waals surface area contributed by atoms with Gasteiger partial charge in [0.1, 0.15) is 11.5 Å². The minimum Gasteiger partial charge on any atom is -0.493 e. The van der Waals surface area contributed by atoms with Gasteiger partial charge in [0.05, 0.1) is 29.8 Å². The summed E-state index contributed by atoms with van der Waals surface area (Å²) in [6.07, 6.45) is -0.0876. The minimum atomic E-state index is -0.699. The van der Waals surface area contributed by atoms with Crippen LogP contribution in [0.3, 0.4) is 0 Å². The summed E-state index contributed by atoms with van der Waals surface area (Å²) in [5.74, 6) is 0.00887. The predicted molar refractivity (Wildman–Crippen MR) is 135 cm³/mol. The first-order valence-electron chi connectivity index (χ1n) is 11.3. The molecule has 1 amide bonds. The molecule has 0 radical (unpaired) electrons. The van der Waals surface area contributed by atoms with E-state index in [9.17, 15) is 14.7 Å². The summed E-state index contributed by atoms with van der Waals surface area (Å²) in [5, 5.41) is 17.7. The Bertz CT molecular complexity index is 1340. The molecule has 0 fully saturated rings. The lowest BCUT2D eigenvalue weighted by molar-refractivity contribution is -0.143. The number of nitrogens with one attached hydrogen (secondary N) is 1. The van der Waals surface area contributed by atoms with Crippen molar-refractivity contribution in [3.63, 3.8) is 0 Å². The fourth-order valence-electron chi connectivity index (χ4n) is 3.55. The lowest BCUT2D eigenvalue weighted by Crippen LogP contribution is -2.31. The van der Waals surface area contributed by atoms with E-state index in [-0.39, 0.29) is 24.6 Å². The second-order valence-corrected chi connectivity index (χ2v) is 8.18. The quantitative estimate of drug-likeness (QED) is 0.293. The number of carbonyl (C=O) groups is 2. The van der Waals surface area contributed by atoms with Crippen LogP contribution in [0.2, 0.25) is 5.02 Å². The van der Waals surface area contributed by atoms with Gasteiger partial charge in [-0.05, 0) is 48.9 Å². The summed E-state index contributed by atoms with van der Waals surface area (Å²) < 4.78 is 12.1. The first kappa shape index (κ1) is 24.8. The molecule has 1 atom stereocenters. The molecular weight excluding hydrogens is 482 g/mol. The molecule has 3 aromatic carbocycles. The molecule has 0 bridgehead atoms. The van der Waals surface area contributed by atoms with Crippen molar-refractivity contribution in [3.05, 3.63) is 101 Å². The van der Waals surface area contributed by atoms with E-state index >= 15 is 0 Å². The molecule has 1 aromatic heterocycles. The Labute approximate surface area is 213 Å². The first-order valence-corrected chi connectivity index (χ1v) is 11.7. The number of ether oxygens (including phenoxy) is 2. The van der Waals surface area contributed by atoms with Gasteiger partial charge >= 0.3 is 5.97 Å². The number of esters is 1. The molecule has 0 saturated heterocycles. The third kappa shape index (κ3) is 6.03. The highest BCUT2D eigenvalue weighted by atomic mass is 35.5. The lowest BCUT2D eigenvalue weighted by Gasteiger charge is -2.18. The van der Waals surface area contributed by atoms with Crippen molar-refractivity contribution < 1.29 is 24.2 Å². The van der Waals surface area contributed by atoms with Gasteiger partial charge in [-0.3, -0.25) is 9.59 Å². The number of carbonyl (C=O) groups excluding carboxylic acids is 2. The van der Waals surface area contributed by atoms with Crippen LogP contribution in [-0.2, 0) is 9.53 Å². The van der Waals surface area contributed by atoms with Crippen molar-refractivity contribution in [2.24, 2.45) is 0 Å². The lowest BCUT2D eigenvalue weighted by atomic mass is 10.0. The van der Waals surface area contributed by atoms with Crippen LogP contribution >= 0.6 is 11.6 Å². The number of nitrogens with zero attached hydrogens (tertiary/aromatic N) is 2. The maximum absolute atomic E-state index is 13.0. The second-order valence-electron chi connectivity index (χ2n) is 7.77. The van der Waals surface area contributed by atoms with Crippen LogP contribution in [0, 0.1) is 0 Å². The molecule has 1 heterocycles. The van der Waals surface area contributed by atoms with Gasteiger partial charge in [-0.25, -0.2) is 0 Å². The van der Waals surface area contributed by atoms with Crippen LogP contribution in [0.4, 0.5) is 0 Å². The van der Waals surface area contributed by atoms with E-state index in [4.69, 9.17) is 21.1 Å². The topological polar surface area (TPSA) is 103 Å². The molecular formula is C27H24ClN3O5. The van der Waals surface area contributed by atoms with Crippen LogP contribution in [0.1, 0.15) is 35.4 Å². The molecule has 1 unspecified atom stereocenters. The molecule has 0 aliphatic carbocycles. The number of aromatic nitrogens is 2. The van der Waals surface area contributed by atoms with E-state index in [0.29, 0.717) is 27.8 Å². The van der Waals surface area contributed by atoms with Crippen molar-refractivity contribution in [2.45, 2.75) is 19.4 Å². The third-order valence-corrected chi connectivity index (χ3v) is 5.57. The minimum absolute atomic E-state index is 0.0368. The largest absolute Gasteiger partial charge is 0.493 e. The van der Waals surface area contributed by atoms with Gasteiger partial charge in [-0.1, -0.05) is 54.1 Å². The van der Waals surface area contributed by atoms with Crippen LogP contribution in [-0.4, -0.2) is 33.4 Å². The Kier molecular flexibility index (Phi) is 7.87. The summed E-state index contributed by atoms with van der Waals surface area (Å²) >= 11 is 6.20. The van der Waals surface area contributed by atoms with Gasteiger partial charge in [-0.15, -0.1) is 0 Å². The highest BCUT2D eigenvalue weighted by molar-refractivity contribution is 6.32. The van der Waals surface area contributed by atoms with E-state index in [1.807, 2.05) is 30.3 Å². The van der Waals surface area contributed by atoms with E-state index in [1.165, 1.54) is 10.7 Å². The predicted octanol–water partition coefficient (Wildman–Crippen LogP) is 5.45. The highest BCUT2D eigenvalue weighted by Gasteiger charge is 2.23. The molecule has 2 N–H and O–H groups in total. The van der Waals surface area contributed by atoms with Crippen molar-refractivity contribution in [1.82, 2.24) is 15.1 Å². The average Bonchev–Trinajstić information content (AvgIpc) is 3.26. The molecule has 0 spiro atoms. The fraction of sp³-hybridized carbons (Fsp3) is 0.148. The number of halogens is 1. The average molecular weight is 506 g/mol. The molecule has 0 saturated carbocycles. The fourth-order valence-corrected chi connectivity index (χ4v) is 3.76. The standard InChI is InChI=1S/C27H24ClN3O5/c1-2-35-26(33)17-22(18-12-14-20(15-13-18)36-19-8-4-3-5-9-19)29-27(34)23-16-25(32)31(30-23)24-11-7-6-10-21(24)28/h3-16,22,32H,2,17H2,1H3,(H,29,34). The van der Waals surface area contributed by atoms with E-state index < -0.39 is 17.9 Å². The smallest absolute Gasteiger partial charge is 0.308 e. The Morgan fingerprint density at radius 1 is 1.00 bits per heavy atom. The second kappa shape index (κ2) is 11.4. The number of aromatic hydroxyl groups is 1. The summed E-state index contributed by atoms with van der Waals surface area (Å²) in [4.78, 5) is 25.3. The molecule has 36 heavy (non-hydrogen) atoms. The van der Waals surface area contributed by atoms with Gasteiger partial charge in [0, 0.05) is 6.07 Å². The monoisotopic (exact) mass is 505 g/mol. The van der Waals surface area contributed by atoms with Crippen molar-refractivity contribution in [2.75, 3.05) is 6.61 Å². The summed E-state index contributed by atoms with van der Waals surface area (Å²) in [7, 11) is 0. The van der Waals surface area contributed by atoms with Gasteiger partial charge < -0.3 is 19.9 Å². The summed E-state index contributed by atoms with van der Waals surface area (Å²) in [6.45, 7) is 1.94. The van der Waals surface area contributed by atoms with Crippen LogP contribution in [0.25, 0.3) is 5.69 Å². The summed E-state index contributed by atoms with van der Waals surface area (Å²) in [6, 6.07) is 23.7. The first-order chi connectivity index (χ1) is 17.4. The number of hydrogen-bond acceptors (Lipinski definition) is 6. The highest BCUT2D eigenvalue weighted by Crippen LogP contribution is 2.27. The Morgan fingerprint density at radius 3 is 2.36 bits per heavy atom. The maximum atomic E-state index is 13.0. The van der Waals surface area contributed by atoms with E-state index in [1.54, 1.807) is 55.5 Å². The molecule has 4 aromatic rings. The van der Waals surface area contributed by atoms with Gasteiger partial charge in [0.25, 0.3) is 5.91 Å². The molecule has 9 heteroatoms. The van der Waals surface area contributed by atoms with E-state index in [2.05, 4.69) is 10.4 Å². The molecule has 4 rings (SSSR count). The molecule has 0 aliphatic heterocycles. The van der Waals surface area contributed by atoms with Crippen LogP contribution < -0.4 is 10.1 Å². The Hall–Kier alpha value is -4.30. The number of para-hydroxylation sites is 2. The van der Waals surface area contributed by atoms with Crippen molar-refractivity contribution in [3.8, 4) is 23.1 Å². The number of hydrogen-bond donors (Lipinski definition) is 2. The Balaban J connectivity index is 1.54. The van der Waals surface area contributed by atoms with Gasteiger partial charge in [0.2, 0.25) is 5.88 Å². The maximum Gasteiger partial charge on any atom is 0.308 e. The molecule has 0 aliphatic rings. The van der Waals surface area contributed by atoms with E-state index in [0.717, 1.165) is 0 Å². The summed E-state index contributed by atoms with van der Waals surface area (Å²) in [5.41, 5.74) is 1.06. The number of benzene rings is 3. The number of amides is 1. The number of rotatable bonds is 9. The zero-order chi connectivity index (χ0) is 25.5. The Morgan fingerprint density at radius 2 is 1.67 bits per heavy atom. The molecule has 184 valence electrons. The van der Waals surface area contributed by atoms with Gasteiger partial charge in [0.15, 0.2) is 5.69 Å². The normalized spacial score (nSPS) is 11.5. The van der Waals surface area contributed by atoms with Crippen LogP contribution in [0.5, 0.6) is 17.4 Å².